The predicted molar refractivity (Wildman–Crippen MR) is 93.1 cm³/mol. The van der Waals surface area contributed by atoms with E-state index in [9.17, 15) is 9.59 Å². The molecule has 2 rings (SSSR count). The van der Waals surface area contributed by atoms with Gasteiger partial charge in [0, 0.05) is 0 Å². The third kappa shape index (κ3) is 4.44. The first kappa shape index (κ1) is 17.3. The van der Waals surface area contributed by atoms with Crippen LogP contribution in [0, 0.1) is 3.57 Å². The molecule has 0 aromatic heterocycles. The van der Waals surface area contributed by atoms with Gasteiger partial charge in [0.25, 0.3) is 0 Å². The molecule has 0 saturated heterocycles. The Morgan fingerprint density at radius 3 is 2.43 bits per heavy atom. The zero-order valence-electron chi connectivity index (χ0n) is 12.7. The number of carbonyl (C=O) groups is 2. The second kappa shape index (κ2) is 7.96. The number of hydrogen-bond acceptors (Lipinski definition) is 5. The normalized spacial score (nSPS) is 10.0. The van der Waals surface area contributed by atoms with E-state index in [-0.39, 0.29) is 12.4 Å². The van der Waals surface area contributed by atoms with Gasteiger partial charge in [0.15, 0.2) is 0 Å². The van der Waals surface area contributed by atoms with Crippen LogP contribution in [0.15, 0.2) is 42.5 Å². The van der Waals surface area contributed by atoms with Crippen molar-refractivity contribution in [2.45, 2.75) is 6.92 Å². The van der Waals surface area contributed by atoms with Gasteiger partial charge in [-0.25, -0.2) is 9.59 Å². The highest BCUT2D eigenvalue weighted by atomic mass is 127. The van der Waals surface area contributed by atoms with E-state index in [1.807, 2.05) is 0 Å². The Bertz CT molecular complexity index is 727. The summed E-state index contributed by atoms with van der Waals surface area (Å²) >= 11 is 2.08. The average molecular weight is 426 g/mol. The van der Waals surface area contributed by atoms with Crippen LogP contribution in [-0.4, -0.2) is 25.7 Å². The quantitative estimate of drug-likeness (QED) is 0.415. The molecule has 0 aliphatic heterocycles. The van der Waals surface area contributed by atoms with Crippen molar-refractivity contribution in [3.8, 4) is 11.5 Å². The van der Waals surface area contributed by atoms with Crippen molar-refractivity contribution in [2.24, 2.45) is 0 Å². The van der Waals surface area contributed by atoms with Gasteiger partial charge in [0.1, 0.15) is 11.5 Å². The van der Waals surface area contributed by atoms with E-state index in [4.69, 9.17) is 14.2 Å². The number of esters is 2. The van der Waals surface area contributed by atoms with Crippen LogP contribution >= 0.6 is 22.6 Å². The van der Waals surface area contributed by atoms with Crippen LogP contribution in [0.4, 0.5) is 0 Å². The smallest absolute Gasteiger partial charge is 0.343 e. The molecule has 0 heterocycles. The predicted octanol–water partition coefficient (Wildman–Crippen LogP) is 3.70. The van der Waals surface area contributed by atoms with E-state index in [0.29, 0.717) is 16.9 Å². The maximum atomic E-state index is 12.2. The molecule has 0 aliphatic carbocycles. The molecule has 6 heteroatoms. The van der Waals surface area contributed by atoms with Gasteiger partial charge < -0.3 is 14.2 Å². The summed E-state index contributed by atoms with van der Waals surface area (Å²) in [4.78, 5) is 23.9. The molecule has 0 radical (unpaired) electrons. The van der Waals surface area contributed by atoms with E-state index in [1.54, 1.807) is 50.4 Å². The van der Waals surface area contributed by atoms with Crippen molar-refractivity contribution in [1.29, 1.82) is 0 Å². The first-order chi connectivity index (χ1) is 11.0. The van der Waals surface area contributed by atoms with Crippen LogP contribution in [0.1, 0.15) is 27.6 Å². The molecule has 0 unspecified atom stereocenters. The number of benzene rings is 2. The number of methoxy groups -OCH3 is 1. The molecule has 0 N–H and O–H groups in total. The van der Waals surface area contributed by atoms with E-state index in [2.05, 4.69) is 22.6 Å². The lowest BCUT2D eigenvalue weighted by Crippen LogP contribution is -2.10. The average Bonchev–Trinajstić information content (AvgIpc) is 2.55. The van der Waals surface area contributed by atoms with Crippen molar-refractivity contribution >= 4 is 34.5 Å². The maximum absolute atomic E-state index is 12.2. The van der Waals surface area contributed by atoms with Gasteiger partial charge in [-0.3, -0.25) is 0 Å². The second-order valence-electron chi connectivity index (χ2n) is 4.49. The molecule has 0 saturated carbocycles. The molecule has 0 fully saturated rings. The van der Waals surface area contributed by atoms with Crippen molar-refractivity contribution in [2.75, 3.05) is 13.7 Å². The van der Waals surface area contributed by atoms with Crippen LogP contribution in [0.5, 0.6) is 11.5 Å². The summed E-state index contributed by atoms with van der Waals surface area (Å²) in [7, 11) is 1.57. The Labute approximate surface area is 147 Å². The molecule has 0 amide bonds. The van der Waals surface area contributed by atoms with Crippen LogP contribution in [0.3, 0.4) is 0 Å². The van der Waals surface area contributed by atoms with Crippen molar-refractivity contribution in [3.63, 3.8) is 0 Å². The largest absolute Gasteiger partial charge is 0.496 e. The monoisotopic (exact) mass is 426 g/mol. The van der Waals surface area contributed by atoms with Crippen LogP contribution in [0.2, 0.25) is 0 Å². The second-order valence-corrected chi connectivity index (χ2v) is 5.65. The van der Waals surface area contributed by atoms with Crippen LogP contribution in [0.25, 0.3) is 0 Å². The number of carbonyl (C=O) groups excluding carboxylic acids is 2. The van der Waals surface area contributed by atoms with Gasteiger partial charge in [0.05, 0.1) is 28.4 Å². The molecule has 5 nitrogen and oxygen atoms in total. The molecule has 2 aromatic rings. The minimum absolute atomic E-state index is 0.284. The fourth-order valence-corrected chi connectivity index (χ4v) is 2.60. The zero-order chi connectivity index (χ0) is 16.8. The Morgan fingerprint density at radius 1 is 1.04 bits per heavy atom. The lowest BCUT2D eigenvalue weighted by molar-refractivity contribution is 0.0524. The van der Waals surface area contributed by atoms with Gasteiger partial charge in [-0.15, -0.1) is 0 Å². The fourth-order valence-electron chi connectivity index (χ4n) is 1.86. The molecule has 0 aliphatic rings. The molecule has 0 spiro atoms. The minimum Gasteiger partial charge on any atom is -0.496 e. The SMILES string of the molecule is CCOC(=O)c1cccc(OC(=O)c2ccc(OC)c(I)c2)c1. The van der Waals surface area contributed by atoms with Crippen LogP contribution < -0.4 is 9.47 Å². The van der Waals surface area contributed by atoms with Crippen molar-refractivity contribution in [3.05, 3.63) is 57.2 Å². The first-order valence-electron chi connectivity index (χ1n) is 6.88. The zero-order valence-corrected chi connectivity index (χ0v) is 14.8. The van der Waals surface area contributed by atoms with Gasteiger partial charge >= 0.3 is 11.9 Å². The van der Waals surface area contributed by atoms with Crippen molar-refractivity contribution in [1.82, 2.24) is 0 Å². The summed E-state index contributed by atoms with van der Waals surface area (Å²) in [5, 5.41) is 0. The Hall–Kier alpha value is -2.09. The molecule has 0 bridgehead atoms. The highest BCUT2D eigenvalue weighted by molar-refractivity contribution is 14.1. The number of halogens is 1. The molecule has 23 heavy (non-hydrogen) atoms. The molecular formula is C17H15IO5. The number of rotatable bonds is 5. The van der Waals surface area contributed by atoms with Gasteiger partial charge in [-0.05, 0) is 65.9 Å². The van der Waals surface area contributed by atoms with Gasteiger partial charge in [-0.2, -0.15) is 0 Å². The summed E-state index contributed by atoms with van der Waals surface area (Å²) < 4.78 is 16.2. The Kier molecular flexibility index (Phi) is 5.97. The standard InChI is InChI=1S/C17H15IO5/c1-3-22-16(19)11-5-4-6-13(9-11)23-17(20)12-7-8-15(21-2)14(18)10-12/h4-10H,3H2,1-2H3. The van der Waals surface area contributed by atoms with E-state index >= 15 is 0 Å². The van der Waals surface area contributed by atoms with Crippen LogP contribution in [-0.2, 0) is 4.74 Å². The van der Waals surface area contributed by atoms with E-state index < -0.39 is 11.9 Å². The maximum Gasteiger partial charge on any atom is 0.343 e. The fraction of sp³-hybridized carbons (Fsp3) is 0.176. The molecule has 0 atom stereocenters. The number of hydrogen-bond donors (Lipinski definition) is 0. The molecule has 120 valence electrons. The summed E-state index contributed by atoms with van der Waals surface area (Å²) in [5.74, 6) is 0.00816. The highest BCUT2D eigenvalue weighted by Crippen LogP contribution is 2.23. The summed E-state index contributed by atoms with van der Waals surface area (Å²) in [6, 6.07) is 11.3. The van der Waals surface area contributed by atoms with E-state index in [1.165, 1.54) is 6.07 Å². The third-order valence-corrected chi connectivity index (χ3v) is 3.79. The Balaban J connectivity index is 2.15. The van der Waals surface area contributed by atoms with Crippen molar-refractivity contribution < 1.29 is 23.8 Å². The topological polar surface area (TPSA) is 61.8 Å². The van der Waals surface area contributed by atoms with Gasteiger partial charge in [-0.1, -0.05) is 6.07 Å². The Morgan fingerprint density at radius 2 is 1.78 bits per heavy atom. The highest BCUT2D eigenvalue weighted by Gasteiger charge is 2.13. The first-order valence-corrected chi connectivity index (χ1v) is 7.96. The lowest BCUT2D eigenvalue weighted by atomic mass is 10.2. The third-order valence-electron chi connectivity index (χ3n) is 2.94. The van der Waals surface area contributed by atoms with E-state index in [0.717, 1.165) is 3.57 Å². The van der Waals surface area contributed by atoms with Gasteiger partial charge in [0.2, 0.25) is 0 Å². The minimum atomic E-state index is -0.508. The molecule has 2 aromatic carbocycles. The molecular weight excluding hydrogens is 411 g/mol. The summed E-state index contributed by atoms with van der Waals surface area (Å²) in [6.07, 6.45) is 0. The lowest BCUT2D eigenvalue weighted by Gasteiger charge is -2.08. The summed E-state index contributed by atoms with van der Waals surface area (Å²) in [6.45, 7) is 2.01. The summed E-state index contributed by atoms with van der Waals surface area (Å²) in [5.41, 5.74) is 0.734. The number of ether oxygens (including phenoxy) is 3.